The molecule has 0 unspecified atom stereocenters. The van der Waals surface area contributed by atoms with Gasteiger partial charge in [-0.3, -0.25) is 0 Å². The van der Waals surface area contributed by atoms with Gasteiger partial charge >= 0.3 is 0 Å². The van der Waals surface area contributed by atoms with Gasteiger partial charge < -0.3 is 4.74 Å². The van der Waals surface area contributed by atoms with Gasteiger partial charge in [-0.25, -0.2) is 8.93 Å². The molecule has 22 heavy (non-hydrogen) atoms. The molecule has 2 atom stereocenters. The van der Waals surface area contributed by atoms with Crippen LogP contribution >= 0.6 is 0 Å². The van der Waals surface area contributed by atoms with Gasteiger partial charge in [-0.15, -0.1) is 0 Å². The van der Waals surface area contributed by atoms with Crippen LogP contribution in [0, 0.1) is 17.2 Å². The van der Waals surface area contributed by atoms with Gasteiger partial charge in [0, 0.05) is 5.39 Å². The number of rotatable bonds is 6. The maximum atomic E-state index is 12.8. The van der Waals surface area contributed by atoms with Crippen LogP contribution in [-0.4, -0.2) is 17.4 Å². The molecule has 2 rings (SSSR count). The molecule has 0 aromatic heterocycles. The highest BCUT2D eigenvalue weighted by molar-refractivity contribution is 7.83. The molecule has 0 bridgehead atoms. The van der Waals surface area contributed by atoms with Gasteiger partial charge in [0.2, 0.25) is 0 Å². The molecule has 0 saturated carbocycles. The maximum absolute atomic E-state index is 12.8. The fourth-order valence-corrected chi connectivity index (χ4v) is 3.61. The van der Waals surface area contributed by atoms with Crippen molar-refractivity contribution in [3.05, 3.63) is 36.4 Å². The van der Waals surface area contributed by atoms with E-state index in [4.69, 9.17) is 4.74 Å². The van der Waals surface area contributed by atoms with E-state index in [9.17, 15) is 9.47 Å². The number of hydrogen-bond acceptors (Lipinski definition) is 3. The highest BCUT2D eigenvalue weighted by atomic mass is 32.2. The van der Waals surface area contributed by atoms with Crippen molar-refractivity contribution in [1.29, 1.82) is 5.26 Å². The van der Waals surface area contributed by atoms with E-state index < -0.39 is 17.0 Å². The molecule has 0 heterocycles. The Bertz CT molecular complexity index is 722. The van der Waals surface area contributed by atoms with Crippen LogP contribution in [0.2, 0.25) is 0 Å². The Labute approximate surface area is 133 Å². The minimum Gasteiger partial charge on any atom is -0.495 e. The van der Waals surface area contributed by atoms with Crippen molar-refractivity contribution >= 4 is 21.8 Å². The first kappa shape index (κ1) is 16.5. The highest BCUT2D eigenvalue weighted by Crippen LogP contribution is 2.30. The van der Waals surface area contributed by atoms with Crippen LogP contribution in [0.15, 0.2) is 41.3 Å². The van der Waals surface area contributed by atoms with Crippen LogP contribution < -0.4 is 9.46 Å². The van der Waals surface area contributed by atoms with Crippen molar-refractivity contribution in [3.63, 3.8) is 0 Å². The first-order chi connectivity index (χ1) is 10.6. The molecule has 116 valence electrons. The van der Waals surface area contributed by atoms with E-state index in [1.165, 1.54) is 0 Å². The summed E-state index contributed by atoms with van der Waals surface area (Å²) in [6.07, 6.45) is 0.648. The Kier molecular flexibility index (Phi) is 5.53. The maximum Gasteiger partial charge on any atom is 0.137 e. The van der Waals surface area contributed by atoms with Crippen molar-refractivity contribution in [3.8, 4) is 11.8 Å². The van der Waals surface area contributed by atoms with E-state index >= 15 is 0 Å². The first-order valence-corrected chi connectivity index (χ1v) is 8.35. The molecule has 0 radical (unpaired) electrons. The molecule has 0 aliphatic rings. The second kappa shape index (κ2) is 7.39. The van der Waals surface area contributed by atoms with E-state index in [2.05, 4.69) is 10.8 Å². The summed E-state index contributed by atoms with van der Waals surface area (Å²) < 4.78 is 21.0. The van der Waals surface area contributed by atoms with Gasteiger partial charge in [0.15, 0.2) is 0 Å². The molecule has 0 aliphatic carbocycles. The van der Waals surface area contributed by atoms with Crippen molar-refractivity contribution in [1.82, 2.24) is 4.72 Å². The minimum atomic E-state index is -1.51. The number of benzene rings is 2. The Hall–Kier alpha value is -1.90. The molecule has 4 nitrogen and oxygen atoms in total. The van der Waals surface area contributed by atoms with E-state index in [-0.39, 0.29) is 0 Å². The molecule has 1 N–H and O–H groups in total. The Morgan fingerprint density at radius 3 is 2.64 bits per heavy atom. The number of ether oxygens (including phenoxy) is 1. The van der Waals surface area contributed by atoms with Gasteiger partial charge in [0.05, 0.1) is 13.2 Å². The topological polar surface area (TPSA) is 62.1 Å². The largest absolute Gasteiger partial charge is 0.495 e. The first-order valence-electron chi connectivity index (χ1n) is 7.20. The third kappa shape index (κ3) is 3.65. The van der Waals surface area contributed by atoms with Crippen LogP contribution in [0.3, 0.4) is 0 Å². The van der Waals surface area contributed by atoms with E-state index in [1.54, 1.807) is 13.2 Å². The van der Waals surface area contributed by atoms with Crippen LogP contribution in [0.4, 0.5) is 0 Å². The summed E-state index contributed by atoms with van der Waals surface area (Å²) >= 11 is 0. The molecule has 0 amide bonds. The molecule has 0 spiro atoms. The third-order valence-corrected chi connectivity index (χ3v) is 4.65. The molecule has 0 aliphatic heterocycles. The second-order valence-electron chi connectivity index (χ2n) is 5.52. The molecule has 0 saturated heterocycles. The number of nitriles is 1. The Balaban J connectivity index is 2.40. The third-order valence-electron chi connectivity index (χ3n) is 3.36. The number of hydrogen-bond donors (Lipinski definition) is 1. The zero-order valence-corrected chi connectivity index (χ0v) is 13.8. The monoisotopic (exact) mass is 316 g/mol. The molecular weight excluding hydrogens is 296 g/mol. The average Bonchev–Trinajstić information content (AvgIpc) is 2.52. The lowest BCUT2D eigenvalue weighted by atomic mass is 10.1. The number of methoxy groups -OCH3 is 1. The van der Waals surface area contributed by atoms with E-state index in [0.717, 1.165) is 10.8 Å². The predicted molar refractivity (Wildman–Crippen MR) is 88.9 cm³/mol. The number of fused-ring (bicyclic) bond motifs is 1. The van der Waals surface area contributed by atoms with Gasteiger partial charge in [0.25, 0.3) is 0 Å². The van der Waals surface area contributed by atoms with E-state index in [1.807, 2.05) is 44.2 Å². The Morgan fingerprint density at radius 1 is 1.27 bits per heavy atom. The summed E-state index contributed by atoms with van der Waals surface area (Å²) in [7, 11) is 0.0430. The van der Waals surface area contributed by atoms with Crippen molar-refractivity contribution < 1.29 is 8.95 Å². The fourth-order valence-electron chi connectivity index (χ4n) is 2.36. The Morgan fingerprint density at radius 2 is 2.00 bits per heavy atom. The van der Waals surface area contributed by atoms with Gasteiger partial charge in [-0.2, -0.15) is 5.26 Å². The lowest BCUT2D eigenvalue weighted by Gasteiger charge is -2.16. The second-order valence-corrected chi connectivity index (χ2v) is 6.70. The average molecular weight is 316 g/mol. The summed E-state index contributed by atoms with van der Waals surface area (Å²) in [6, 6.07) is 13.2. The quantitative estimate of drug-likeness (QED) is 0.888. The summed E-state index contributed by atoms with van der Waals surface area (Å²) in [5.74, 6) is 0.911. The van der Waals surface area contributed by atoms with Crippen LogP contribution in [0.1, 0.15) is 20.3 Å². The number of nitrogens with zero attached hydrogens (tertiary/aromatic N) is 1. The SMILES string of the molecule is COc1ccc2ccccc2c1[S@](=O)N[C@H](C#N)CC(C)C. The smallest absolute Gasteiger partial charge is 0.137 e. The highest BCUT2D eigenvalue weighted by Gasteiger charge is 2.19. The summed E-state index contributed by atoms with van der Waals surface area (Å²) in [5, 5.41) is 11.1. The zero-order valence-electron chi connectivity index (χ0n) is 13.0. The fraction of sp³-hybridized carbons (Fsp3) is 0.353. The van der Waals surface area contributed by atoms with Gasteiger partial charge in [0.1, 0.15) is 27.7 Å². The van der Waals surface area contributed by atoms with Crippen molar-refractivity contribution in [2.45, 2.75) is 31.2 Å². The summed E-state index contributed by atoms with van der Waals surface area (Å²) in [5.41, 5.74) is 0. The predicted octanol–water partition coefficient (Wildman–Crippen LogP) is 3.40. The van der Waals surface area contributed by atoms with E-state index in [0.29, 0.717) is 23.0 Å². The van der Waals surface area contributed by atoms with Crippen molar-refractivity contribution in [2.24, 2.45) is 5.92 Å². The number of nitrogens with one attached hydrogen (secondary N) is 1. The van der Waals surface area contributed by atoms with Gasteiger partial charge in [-0.1, -0.05) is 44.2 Å². The van der Waals surface area contributed by atoms with Crippen LogP contribution in [0.5, 0.6) is 5.75 Å². The van der Waals surface area contributed by atoms with Crippen LogP contribution in [0.25, 0.3) is 10.8 Å². The lowest BCUT2D eigenvalue weighted by Crippen LogP contribution is -2.31. The summed E-state index contributed by atoms with van der Waals surface area (Å²) in [6.45, 7) is 4.07. The van der Waals surface area contributed by atoms with Gasteiger partial charge in [-0.05, 0) is 23.8 Å². The molecule has 2 aromatic carbocycles. The van der Waals surface area contributed by atoms with Crippen molar-refractivity contribution in [2.75, 3.05) is 7.11 Å². The van der Waals surface area contributed by atoms with Crippen LogP contribution in [-0.2, 0) is 11.0 Å². The molecular formula is C17H20N2O2S. The lowest BCUT2D eigenvalue weighted by molar-refractivity contribution is 0.405. The minimum absolute atomic E-state index is 0.351. The standard InChI is InChI=1S/C17H20N2O2S/c1-12(2)10-14(11-18)19-22(20)17-15-7-5-4-6-13(15)8-9-16(17)21-3/h4-9,12,14,19H,10H2,1-3H3/t14-,22-/m0/s1. The molecule has 5 heteroatoms. The zero-order chi connectivity index (χ0) is 16.1. The molecule has 0 fully saturated rings. The summed E-state index contributed by atoms with van der Waals surface area (Å²) in [4.78, 5) is 0.588. The normalized spacial score (nSPS) is 13.8. The molecule has 2 aromatic rings.